The van der Waals surface area contributed by atoms with E-state index in [0.717, 1.165) is 11.9 Å². The summed E-state index contributed by atoms with van der Waals surface area (Å²) in [6.07, 6.45) is -4.38. The van der Waals surface area contributed by atoms with Crippen LogP contribution in [0.3, 0.4) is 0 Å². The van der Waals surface area contributed by atoms with Crippen LogP contribution < -0.4 is 4.74 Å². The predicted molar refractivity (Wildman–Crippen MR) is 81.4 cm³/mol. The molecule has 1 saturated carbocycles. The molecule has 0 spiro atoms. The van der Waals surface area contributed by atoms with Crippen molar-refractivity contribution in [1.29, 1.82) is 0 Å². The van der Waals surface area contributed by atoms with Gasteiger partial charge in [0.1, 0.15) is 5.75 Å². The second kappa shape index (κ2) is 4.49. The van der Waals surface area contributed by atoms with Gasteiger partial charge in [0.15, 0.2) is 0 Å². The number of hydrogen-bond acceptors (Lipinski definition) is 2. The van der Waals surface area contributed by atoms with Crippen molar-refractivity contribution in [2.24, 2.45) is 5.92 Å². The topological polar surface area (TPSA) is 12.5 Å². The van der Waals surface area contributed by atoms with Gasteiger partial charge in [-0.2, -0.15) is 0 Å². The van der Waals surface area contributed by atoms with Crippen LogP contribution in [0.25, 0.3) is 0 Å². The largest absolute Gasteiger partial charge is 0.497 e. The van der Waals surface area contributed by atoms with E-state index in [1.165, 1.54) is 0 Å². The van der Waals surface area contributed by atoms with Crippen molar-refractivity contribution >= 4 is 0 Å². The van der Waals surface area contributed by atoms with Gasteiger partial charge in [0.2, 0.25) is 0 Å². The van der Waals surface area contributed by atoms with Crippen LogP contribution in [0.1, 0.15) is 61.0 Å². The number of rotatable bonds is 1. The Morgan fingerprint density at radius 1 is 1.55 bits per heavy atom. The predicted octanol–water partition coefficient (Wildman–Crippen LogP) is 3.38. The van der Waals surface area contributed by atoms with E-state index in [4.69, 9.17) is 21.2 Å². The van der Waals surface area contributed by atoms with E-state index in [1.54, 1.807) is 0 Å². The average molecular weight is 284 g/mol. The summed E-state index contributed by atoms with van der Waals surface area (Å²) in [5.74, 6) is -1.88. The maximum absolute atomic E-state index is 9.30. The molecule has 0 radical (unpaired) electrons. The molecular formula is C18H25NO. The van der Waals surface area contributed by atoms with Crippen LogP contribution in [-0.2, 0) is 11.8 Å². The molecule has 3 aliphatic rings. The van der Waals surface area contributed by atoms with E-state index in [-0.39, 0.29) is 18.4 Å². The number of methoxy groups -OCH3 is 1. The minimum Gasteiger partial charge on any atom is -0.497 e. The van der Waals surface area contributed by atoms with Crippen LogP contribution in [0.5, 0.6) is 5.75 Å². The number of piperidine rings is 1. The molecular weight excluding hydrogens is 246 g/mol. The number of hydrogen-bond donors (Lipinski definition) is 0. The van der Waals surface area contributed by atoms with Crippen LogP contribution in [-0.4, -0.2) is 31.5 Å². The smallest absolute Gasteiger partial charge is 0.119 e. The number of benzene rings is 1. The Morgan fingerprint density at radius 2 is 2.50 bits per heavy atom. The quantitative estimate of drug-likeness (QED) is 0.784. The molecule has 0 N–H and O–H groups in total. The lowest BCUT2D eigenvalue weighted by atomic mass is 9.52. The summed E-state index contributed by atoms with van der Waals surface area (Å²) in [4.78, 5) is 0.761. The van der Waals surface area contributed by atoms with Crippen LogP contribution in [0.15, 0.2) is 18.1 Å². The summed E-state index contributed by atoms with van der Waals surface area (Å²) in [6.45, 7) is -2.83. The summed E-state index contributed by atoms with van der Waals surface area (Å²) in [7, 11) is -1.92. The van der Waals surface area contributed by atoms with Crippen molar-refractivity contribution < 1.29 is 22.6 Å². The summed E-state index contributed by atoms with van der Waals surface area (Å²) in [5, 5.41) is 0. The molecule has 1 unspecified atom stereocenters. The van der Waals surface area contributed by atoms with Gasteiger partial charge in [0.25, 0.3) is 0 Å². The Labute approximate surface area is 140 Å². The van der Waals surface area contributed by atoms with Crippen molar-refractivity contribution in [2.75, 3.05) is 20.6 Å². The van der Waals surface area contributed by atoms with E-state index in [0.29, 0.717) is 12.8 Å². The molecule has 1 aliphatic heterocycles. The highest BCUT2D eigenvalue weighted by atomic mass is 16.5. The summed E-state index contributed by atoms with van der Waals surface area (Å²) >= 11 is 0. The number of nitrogens with zero attached hydrogens (tertiary/aromatic N) is 1. The Hall–Kier alpha value is -1.02. The second-order valence-electron chi connectivity index (χ2n) is 5.63. The minimum atomic E-state index is -3.08. The van der Waals surface area contributed by atoms with Crippen LogP contribution in [0.4, 0.5) is 0 Å². The number of fused-ring (bicyclic) bond motifs is 1. The van der Waals surface area contributed by atoms with Gasteiger partial charge in [-0.3, -0.25) is 0 Å². The molecule has 2 fully saturated rings. The monoisotopic (exact) mass is 284 g/mol. The lowest BCUT2D eigenvalue weighted by molar-refractivity contribution is 0.00274. The van der Waals surface area contributed by atoms with Gasteiger partial charge in [-0.1, -0.05) is 18.9 Å². The molecule has 2 heteroatoms. The molecule has 0 aromatic heterocycles. The lowest BCUT2D eigenvalue weighted by Crippen LogP contribution is -2.59. The molecule has 2 aliphatic carbocycles. The summed E-state index contributed by atoms with van der Waals surface area (Å²) < 4.78 is 115. The summed E-state index contributed by atoms with van der Waals surface area (Å²) in [5.41, 5.74) is -2.77. The van der Waals surface area contributed by atoms with Gasteiger partial charge in [0.05, 0.1) is 15.3 Å². The van der Waals surface area contributed by atoms with Crippen molar-refractivity contribution in [3.8, 4) is 5.75 Å². The van der Waals surface area contributed by atoms with E-state index in [9.17, 15) is 1.37 Å². The third-order valence-corrected chi connectivity index (χ3v) is 4.64. The molecule has 20 heavy (non-hydrogen) atoms. The average Bonchev–Trinajstić information content (AvgIpc) is 2.69. The molecule has 2 nitrogen and oxygen atoms in total. The fourth-order valence-corrected chi connectivity index (χ4v) is 3.70. The first-order chi connectivity index (χ1) is 14.8. The maximum Gasteiger partial charge on any atom is 0.119 e. The van der Waals surface area contributed by atoms with Crippen LogP contribution in [0, 0.1) is 5.92 Å². The molecule has 108 valence electrons. The number of likely N-dealkylation sites (tertiary alicyclic amines) is 1. The van der Waals surface area contributed by atoms with Gasteiger partial charge in [-0.15, -0.1) is 0 Å². The fraction of sp³-hybridized carbons (Fsp3) is 0.667. The first kappa shape index (κ1) is 5.01. The minimum absolute atomic E-state index is 0.0163. The standard InChI is InChI=1S/C18H25NO/c1-19-10-9-18-8-4-3-5-15(18)17(19)11-13-6-7-14(20-2)12-16(13)18/h6-7,12,15,17H,3-5,8-11H2,1-2H3/t15?,17-,18-/m0/s1/i2D3,6D,7D,9D2,10D2,11D2,12D,17D. The Morgan fingerprint density at radius 3 is 3.40 bits per heavy atom. The Balaban J connectivity index is 2.24. The molecule has 1 aromatic rings. The van der Waals surface area contributed by atoms with Gasteiger partial charge in [0, 0.05) is 21.0 Å². The lowest BCUT2D eigenvalue weighted by Gasteiger charge is -2.58. The highest BCUT2D eigenvalue weighted by molar-refractivity contribution is 5.45. The zero-order valence-corrected chi connectivity index (χ0v) is 11.3. The Kier molecular flexibility index (Phi) is 1.13. The van der Waals surface area contributed by atoms with Crippen LogP contribution in [0.2, 0.25) is 0 Å². The van der Waals surface area contributed by atoms with Gasteiger partial charge < -0.3 is 9.64 Å². The molecule has 0 amide bonds. The number of ether oxygens (including phenoxy) is 1. The molecule has 3 atom stereocenters. The normalized spacial score (nSPS) is 57.5. The van der Waals surface area contributed by atoms with E-state index < -0.39 is 73.1 Å². The third kappa shape index (κ3) is 1.60. The van der Waals surface area contributed by atoms with Crippen LogP contribution >= 0.6 is 0 Å². The number of likely N-dealkylation sites (N-methyl/N-ethyl adjacent to an activating group) is 1. The summed E-state index contributed by atoms with van der Waals surface area (Å²) in [6, 6.07) is -4.69. The third-order valence-electron chi connectivity index (χ3n) is 4.64. The first-order valence-electron chi connectivity index (χ1n) is 13.4. The Bertz CT molecular complexity index is 1020. The molecule has 4 rings (SSSR count). The second-order valence-corrected chi connectivity index (χ2v) is 5.63. The van der Waals surface area contributed by atoms with E-state index in [1.807, 2.05) is 0 Å². The van der Waals surface area contributed by atoms with Gasteiger partial charge in [-0.25, -0.2) is 0 Å². The molecule has 1 saturated heterocycles. The SMILES string of the molecule is [2H]c1c([2H])c2c(c([2H])c1OC([2H])([2H])[2H])[C@]13CCCCC1[C@@]([2H])(N(C)C([2H])([2H])C3([2H])[2H])C2([2H])[2H]. The molecule has 1 heterocycles. The van der Waals surface area contributed by atoms with Crippen molar-refractivity contribution in [2.45, 2.75) is 49.9 Å². The maximum atomic E-state index is 9.30. The highest BCUT2D eigenvalue weighted by Crippen LogP contribution is 2.55. The zero-order valence-electron chi connectivity index (χ0n) is 24.3. The van der Waals surface area contributed by atoms with Gasteiger partial charge in [-0.05, 0) is 68.3 Å². The molecule has 1 aromatic carbocycles. The fourth-order valence-electron chi connectivity index (χ4n) is 3.70. The van der Waals surface area contributed by atoms with Gasteiger partial charge >= 0.3 is 0 Å². The first-order valence-corrected chi connectivity index (χ1v) is 6.89. The van der Waals surface area contributed by atoms with E-state index >= 15 is 0 Å². The van der Waals surface area contributed by atoms with Crippen molar-refractivity contribution in [3.05, 3.63) is 29.3 Å². The van der Waals surface area contributed by atoms with Crippen molar-refractivity contribution in [3.63, 3.8) is 0 Å². The van der Waals surface area contributed by atoms with Crippen molar-refractivity contribution in [1.82, 2.24) is 4.90 Å². The highest BCUT2D eigenvalue weighted by Gasteiger charge is 2.53. The molecule has 2 bridgehead atoms. The zero-order chi connectivity index (χ0) is 25.2. The van der Waals surface area contributed by atoms with E-state index in [2.05, 4.69) is 0 Å².